The number of likely N-dealkylation sites (tertiary alicyclic amines) is 1. The number of nitro groups is 1. The molecule has 192 valence electrons. The molecule has 1 fully saturated rings. The number of benzene rings is 3. The molecule has 1 amide bonds. The highest BCUT2D eigenvalue weighted by Crippen LogP contribution is 2.53. The number of hydrogen-bond acceptors (Lipinski definition) is 6. The summed E-state index contributed by atoms with van der Waals surface area (Å²) >= 11 is 9.69. The molecule has 0 unspecified atom stereocenters. The summed E-state index contributed by atoms with van der Waals surface area (Å²) in [4.78, 5) is 27.5. The van der Waals surface area contributed by atoms with Gasteiger partial charge >= 0.3 is 0 Å². The van der Waals surface area contributed by atoms with Crippen molar-refractivity contribution < 1.29 is 19.2 Å². The summed E-state index contributed by atoms with van der Waals surface area (Å²) in [6.07, 6.45) is 0. The van der Waals surface area contributed by atoms with E-state index in [-0.39, 0.29) is 17.4 Å². The minimum absolute atomic E-state index is 0.266. The molecular weight excluding hydrogens is 562 g/mol. The number of nitrogens with zero attached hydrogens (tertiary/aromatic N) is 2. The van der Waals surface area contributed by atoms with Crippen molar-refractivity contribution in [2.24, 2.45) is 0 Å². The normalized spacial score (nSPS) is 22.6. The molecule has 0 radical (unpaired) electrons. The number of anilines is 1. The van der Waals surface area contributed by atoms with Crippen LogP contribution in [-0.2, 0) is 16.9 Å². The molecule has 2 aliphatic rings. The van der Waals surface area contributed by atoms with E-state index in [1.807, 2.05) is 31.2 Å². The Bertz CT molecular complexity index is 1390. The fraction of sp³-hybridized carbons (Fsp3) is 0.296. The number of amides is 1. The van der Waals surface area contributed by atoms with Gasteiger partial charge in [-0.05, 0) is 71.4 Å². The van der Waals surface area contributed by atoms with E-state index in [2.05, 4.69) is 21.2 Å². The largest absolute Gasteiger partial charge is 0.490 e. The molecule has 0 bridgehead atoms. The summed E-state index contributed by atoms with van der Waals surface area (Å²) in [6, 6.07) is 16.9. The number of carbonyl (C=O) groups excluding carboxylic acids is 1. The second kappa shape index (κ2) is 9.96. The van der Waals surface area contributed by atoms with Crippen molar-refractivity contribution in [2.75, 3.05) is 25.5 Å². The molecule has 10 heteroatoms. The summed E-state index contributed by atoms with van der Waals surface area (Å²) in [7, 11) is 1.76. The van der Waals surface area contributed by atoms with E-state index in [0.717, 1.165) is 5.56 Å². The van der Waals surface area contributed by atoms with Crippen LogP contribution in [-0.4, -0.2) is 42.0 Å². The van der Waals surface area contributed by atoms with Crippen LogP contribution >= 0.6 is 27.5 Å². The van der Waals surface area contributed by atoms with E-state index in [0.29, 0.717) is 51.0 Å². The third kappa shape index (κ3) is 4.24. The van der Waals surface area contributed by atoms with E-state index >= 15 is 0 Å². The Balaban J connectivity index is 1.54. The minimum atomic E-state index is -1.41. The van der Waals surface area contributed by atoms with Gasteiger partial charge in [-0.1, -0.05) is 41.9 Å². The lowest BCUT2D eigenvalue weighted by Crippen LogP contribution is -2.54. The molecule has 8 nitrogen and oxygen atoms in total. The molecule has 3 aromatic rings. The summed E-state index contributed by atoms with van der Waals surface area (Å²) in [6.45, 7) is 2.82. The standard InChI is InChI=1S/C27H25BrClN3O5/c1-3-36-23-13-17(12-21(28)24(23)37-15-16-7-6-8-18(29)11-16)19-14-31(2)27(25(19)32(34)35)20-9-4-5-10-22(20)30-26(27)33/h4-13,19,25H,3,14-15H2,1-2H3,(H,30,33)/t19-,25-,27-/m0/s1. The predicted octanol–water partition coefficient (Wildman–Crippen LogP) is 5.60. The highest BCUT2D eigenvalue weighted by Gasteiger charge is 2.68. The van der Waals surface area contributed by atoms with Crippen molar-refractivity contribution in [1.29, 1.82) is 0 Å². The summed E-state index contributed by atoms with van der Waals surface area (Å²) in [5, 5.41) is 16.1. The zero-order valence-electron chi connectivity index (χ0n) is 20.2. The third-order valence-corrected chi connectivity index (χ3v) is 7.90. The molecule has 1 spiro atoms. The maximum absolute atomic E-state index is 13.4. The molecule has 1 saturated heterocycles. The van der Waals surface area contributed by atoms with Crippen LogP contribution in [0, 0.1) is 10.1 Å². The number of fused-ring (bicyclic) bond motifs is 2. The lowest BCUT2D eigenvalue weighted by atomic mass is 9.79. The van der Waals surface area contributed by atoms with E-state index in [9.17, 15) is 14.9 Å². The van der Waals surface area contributed by atoms with Gasteiger partial charge in [-0.15, -0.1) is 0 Å². The number of para-hydroxylation sites is 1. The maximum Gasteiger partial charge on any atom is 0.256 e. The van der Waals surface area contributed by atoms with Crippen molar-refractivity contribution in [1.82, 2.24) is 4.90 Å². The van der Waals surface area contributed by atoms with Crippen molar-refractivity contribution >= 4 is 39.1 Å². The first kappa shape index (κ1) is 25.5. The van der Waals surface area contributed by atoms with Crippen LogP contribution in [0.1, 0.15) is 29.5 Å². The van der Waals surface area contributed by atoms with Crippen LogP contribution in [0.3, 0.4) is 0 Å². The molecule has 3 aromatic carbocycles. The molecule has 0 aromatic heterocycles. The van der Waals surface area contributed by atoms with Gasteiger partial charge in [0.2, 0.25) is 0 Å². The minimum Gasteiger partial charge on any atom is -0.490 e. The van der Waals surface area contributed by atoms with Gasteiger partial charge in [-0.3, -0.25) is 19.8 Å². The quantitative estimate of drug-likeness (QED) is 0.286. The van der Waals surface area contributed by atoms with Crippen LogP contribution < -0.4 is 14.8 Å². The maximum atomic E-state index is 13.4. The Kier molecular flexibility index (Phi) is 6.87. The van der Waals surface area contributed by atoms with Crippen molar-refractivity contribution in [3.63, 3.8) is 0 Å². The fourth-order valence-electron chi connectivity index (χ4n) is 5.57. The monoisotopic (exact) mass is 585 g/mol. The Hall–Kier alpha value is -3.14. The van der Waals surface area contributed by atoms with Crippen LogP contribution in [0.25, 0.3) is 0 Å². The lowest BCUT2D eigenvalue weighted by Gasteiger charge is -2.30. The van der Waals surface area contributed by atoms with Gasteiger partial charge in [-0.25, -0.2) is 0 Å². The number of nitrogens with one attached hydrogen (secondary N) is 1. The average Bonchev–Trinajstić information content (AvgIpc) is 3.33. The first-order valence-electron chi connectivity index (χ1n) is 11.9. The Morgan fingerprint density at radius 1 is 1.19 bits per heavy atom. The van der Waals surface area contributed by atoms with Gasteiger partial charge < -0.3 is 14.8 Å². The predicted molar refractivity (Wildman–Crippen MR) is 144 cm³/mol. The van der Waals surface area contributed by atoms with Gasteiger partial charge in [0.1, 0.15) is 6.61 Å². The van der Waals surface area contributed by atoms with Crippen LogP contribution in [0.4, 0.5) is 5.69 Å². The second-order valence-corrected chi connectivity index (χ2v) is 10.5. The fourth-order valence-corrected chi connectivity index (χ4v) is 6.35. The number of likely N-dealkylation sites (N-methyl/N-ethyl adjacent to an activating group) is 1. The third-order valence-electron chi connectivity index (χ3n) is 7.07. The number of rotatable bonds is 7. The van der Waals surface area contributed by atoms with Gasteiger partial charge in [0.25, 0.3) is 11.9 Å². The highest BCUT2D eigenvalue weighted by molar-refractivity contribution is 9.10. The number of ether oxygens (including phenoxy) is 2. The number of carbonyl (C=O) groups is 1. The SMILES string of the molecule is CCOc1cc([C@@H]2CN(C)[C@]3(C(=O)Nc4ccccc43)[C@H]2[N+](=O)[O-])cc(Br)c1OCc1cccc(Cl)c1. The Morgan fingerprint density at radius 2 is 1.97 bits per heavy atom. The molecule has 1 N–H and O–H groups in total. The molecule has 37 heavy (non-hydrogen) atoms. The highest BCUT2D eigenvalue weighted by atomic mass is 79.9. The number of hydrogen-bond donors (Lipinski definition) is 1. The average molecular weight is 587 g/mol. The smallest absolute Gasteiger partial charge is 0.256 e. The van der Waals surface area contributed by atoms with Crippen LogP contribution in [0.2, 0.25) is 5.02 Å². The number of halogens is 2. The molecule has 0 aliphatic carbocycles. The summed E-state index contributed by atoms with van der Waals surface area (Å²) < 4.78 is 12.6. The van der Waals surface area contributed by atoms with Crippen molar-refractivity contribution in [3.05, 3.63) is 97.0 Å². The van der Waals surface area contributed by atoms with Crippen molar-refractivity contribution in [2.45, 2.75) is 31.0 Å². The summed E-state index contributed by atoms with van der Waals surface area (Å²) in [5.74, 6) is 0.00416. The van der Waals surface area contributed by atoms with Gasteiger partial charge in [-0.2, -0.15) is 0 Å². The molecule has 2 heterocycles. The molecule has 5 rings (SSSR count). The molecular formula is C27H25BrClN3O5. The van der Waals surface area contributed by atoms with Crippen molar-refractivity contribution in [3.8, 4) is 11.5 Å². The molecule has 3 atom stereocenters. The first-order valence-corrected chi connectivity index (χ1v) is 13.0. The van der Waals surface area contributed by atoms with E-state index in [1.165, 1.54) is 0 Å². The van der Waals surface area contributed by atoms with Gasteiger partial charge in [0.15, 0.2) is 17.0 Å². The van der Waals surface area contributed by atoms with Gasteiger partial charge in [0, 0.05) is 27.7 Å². The van der Waals surface area contributed by atoms with Crippen LogP contribution in [0.15, 0.2) is 65.1 Å². The van der Waals surface area contributed by atoms with E-state index < -0.39 is 17.5 Å². The topological polar surface area (TPSA) is 93.9 Å². The first-order chi connectivity index (χ1) is 17.8. The van der Waals surface area contributed by atoms with E-state index in [1.54, 1.807) is 48.3 Å². The zero-order chi connectivity index (χ0) is 26.3. The summed E-state index contributed by atoms with van der Waals surface area (Å²) in [5.41, 5.74) is 1.40. The van der Waals surface area contributed by atoms with Crippen LogP contribution in [0.5, 0.6) is 11.5 Å². The molecule has 2 aliphatic heterocycles. The second-order valence-electron chi connectivity index (χ2n) is 9.16. The lowest BCUT2D eigenvalue weighted by molar-refractivity contribution is -0.534. The Labute approximate surface area is 227 Å². The van der Waals surface area contributed by atoms with Gasteiger partial charge in [0.05, 0.1) is 17.0 Å². The zero-order valence-corrected chi connectivity index (χ0v) is 22.6. The molecule has 0 saturated carbocycles. The van der Waals surface area contributed by atoms with E-state index in [4.69, 9.17) is 21.1 Å². The Morgan fingerprint density at radius 3 is 2.70 bits per heavy atom.